The summed E-state index contributed by atoms with van der Waals surface area (Å²) in [6.45, 7) is 9.23. The molecule has 2 aliphatic heterocycles. The fraction of sp³-hybridized carbons (Fsp3) is 0.632. The molecule has 1 amide bonds. The van der Waals surface area contributed by atoms with E-state index in [0.29, 0.717) is 31.1 Å². The molecule has 2 fully saturated rings. The predicted octanol–water partition coefficient (Wildman–Crippen LogP) is -0.400. The Bertz CT molecular complexity index is 737. The normalized spacial score (nSPS) is 28.7. The zero-order chi connectivity index (χ0) is 19.6. The molecule has 2 heterocycles. The lowest BCUT2D eigenvalue weighted by Crippen LogP contribution is -3.19. The quantitative estimate of drug-likeness (QED) is 0.752. The Morgan fingerprint density at radius 3 is 2.19 bits per heavy atom. The van der Waals surface area contributed by atoms with Crippen LogP contribution < -0.4 is 4.90 Å². The fourth-order valence-electron chi connectivity index (χ4n) is 4.01. The molecular weight excluding hydrogens is 366 g/mol. The van der Waals surface area contributed by atoms with Gasteiger partial charge in [-0.3, -0.25) is 4.79 Å². The third-order valence-electron chi connectivity index (χ3n) is 5.48. The molecular formula is C19H30N3O4S+. The molecule has 0 unspecified atom stereocenters. The first kappa shape index (κ1) is 20.3. The molecule has 7 nitrogen and oxygen atoms in total. The van der Waals surface area contributed by atoms with Crippen LogP contribution in [0.5, 0.6) is 0 Å². The van der Waals surface area contributed by atoms with Gasteiger partial charge in [0.1, 0.15) is 25.3 Å². The van der Waals surface area contributed by atoms with Crippen LogP contribution in [-0.2, 0) is 19.6 Å². The third kappa shape index (κ3) is 4.51. The molecule has 2 aliphatic rings. The number of hydrogen-bond donors (Lipinski definition) is 1. The van der Waals surface area contributed by atoms with E-state index in [9.17, 15) is 13.2 Å². The number of sulfonamides is 1. The van der Waals surface area contributed by atoms with Crippen molar-refractivity contribution in [1.29, 1.82) is 0 Å². The van der Waals surface area contributed by atoms with E-state index in [4.69, 9.17) is 4.74 Å². The van der Waals surface area contributed by atoms with Crippen LogP contribution in [0, 0.1) is 0 Å². The second kappa shape index (κ2) is 8.26. The molecule has 1 aromatic carbocycles. The van der Waals surface area contributed by atoms with Crippen LogP contribution in [-0.4, -0.2) is 81.0 Å². The highest BCUT2D eigenvalue weighted by Crippen LogP contribution is 2.17. The highest BCUT2D eigenvalue weighted by molar-refractivity contribution is 7.89. The van der Waals surface area contributed by atoms with Crippen LogP contribution in [0.2, 0.25) is 0 Å². The van der Waals surface area contributed by atoms with Crippen molar-refractivity contribution in [2.45, 2.75) is 43.9 Å². The van der Waals surface area contributed by atoms with Crippen LogP contribution in [0.1, 0.15) is 20.8 Å². The van der Waals surface area contributed by atoms with Gasteiger partial charge in [0, 0.05) is 26.2 Å². The molecule has 0 aromatic heterocycles. The van der Waals surface area contributed by atoms with Gasteiger partial charge in [0.2, 0.25) is 10.0 Å². The maximum atomic E-state index is 12.9. The largest absolute Gasteiger partial charge is 0.364 e. The maximum Gasteiger partial charge on any atom is 0.280 e. The molecule has 1 aromatic rings. The minimum Gasteiger partial charge on any atom is -0.364 e. The number of ether oxygens (including phenoxy) is 1. The van der Waals surface area contributed by atoms with Gasteiger partial charge in [-0.25, -0.2) is 8.42 Å². The van der Waals surface area contributed by atoms with Crippen molar-refractivity contribution >= 4 is 15.9 Å². The number of rotatable bonds is 4. The van der Waals surface area contributed by atoms with E-state index in [-0.39, 0.29) is 24.2 Å². The Labute approximate surface area is 161 Å². The zero-order valence-corrected chi connectivity index (χ0v) is 17.1. The lowest BCUT2D eigenvalue weighted by Gasteiger charge is -2.39. The number of carbonyl (C=O) groups is 1. The number of nitrogens with one attached hydrogen (secondary N) is 1. The van der Waals surface area contributed by atoms with Crippen molar-refractivity contribution < 1.29 is 22.8 Å². The number of morpholine rings is 1. The van der Waals surface area contributed by atoms with Gasteiger partial charge in [-0.1, -0.05) is 18.2 Å². The summed E-state index contributed by atoms with van der Waals surface area (Å²) in [7, 11) is -3.49. The molecule has 2 saturated heterocycles. The van der Waals surface area contributed by atoms with E-state index in [2.05, 4.69) is 0 Å². The summed E-state index contributed by atoms with van der Waals surface area (Å²) in [6, 6.07) is 8.32. The monoisotopic (exact) mass is 396 g/mol. The number of hydrogen-bond acceptors (Lipinski definition) is 4. The smallest absolute Gasteiger partial charge is 0.280 e. The first-order valence-electron chi connectivity index (χ1n) is 9.63. The van der Waals surface area contributed by atoms with E-state index in [0.717, 1.165) is 13.1 Å². The zero-order valence-electron chi connectivity index (χ0n) is 16.3. The molecule has 3 atom stereocenters. The lowest BCUT2D eigenvalue weighted by molar-refractivity contribution is -0.928. The van der Waals surface area contributed by atoms with Crippen molar-refractivity contribution in [1.82, 2.24) is 9.21 Å². The average molecular weight is 397 g/mol. The van der Waals surface area contributed by atoms with Crippen LogP contribution in [0.4, 0.5) is 0 Å². The summed E-state index contributed by atoms with van der Waals surface area (Å²) < 4.78 is 32.7. The predicted molar refractivity (Wildman–Crippen MR) is 102 cm³/mol. The number of carbonyl (C=O) groups excluding carboxylic acids is 1. The highest BCUT2D eigenvalue weighted by Gasteiger charge is 2.37. The lowest BCUT2D eigenvalue weighted by atomic mass is 10.1. The van der Waals surface area contributed by atoms with Crippen molar-refractivity contribution in [3.63, 3.8) is 0 Å². The standard InChI is InChI=1S/C19H29N3O4S/c1-15-13-21(14-16(2)26-15)17(3)19(23)20-9-11-22(12-10-20)27(24,25)18-7-5-4-6-8-18/h4-8,15-17H,9-14H2,1-3H3/p+1/t15-,16-,17+/m1/s1. The average Bonchev–Trinajstić information content (AvgIpc) is 2.67. The highest BCUT2D eigenvalue weighted by atomic mass is 32.2. The minimum absolute atomic E-state index is 0.100. The molecule has 1 N–H and O–H groups in total. The Kier molecular flexibility index (Phi) is 6.20. The van der Waals surface area contributed by atoms with E-state index in [1.165, 1.54) is 9.21 Å². The fourth-order valence-corrected chi connectivity index (χ4v) is 5.45. The van der Waals surface area contributed by atoms with Crippen molar-refractivity contribution in [3.8, 4) is 0 Å². The molecule has 0 spiro atoms. The van der Waals surface area contributed by atoms with E-state index >= 15 is 0 Å². The molecule has 0 aliphatic carbocycles. The Morgan fingerprint density at radius 1 is 1.07 bits per heavy atom. The van der Waals surface area contributed by atoms with E-state index < -0.39 is 10.0 Å². The third-order valence-corrected chi connectivity index (χ3v) is 7.39. The molecule has 0 bridgehead atoms. The summed E-state index contributed by atoms with van der Waals surface area (Å²) in [5.74, 6) is 0.100. The van der Waals surface area contributed by atoms with E-state index in [1.54, 1.807) is 35.2 Å². The van der Waals surface area contributed by atoms with Gasteiger partial charge in [-0.15, -0.1) is 0 Å². The van der Waals surface area contributed by atoms with Gasteiger partial charge < -0.3 is 14.5 Å². The number of nitrogens with zero attached hydrogens (tertiary/aromatic N) is 2. The van der Waals surface area contributed by atoms with Crippen molar-refractivity contribution in [2.24, 2.45) is 0 Å². The van der Waals surface area contributed by atoms with Gasteiger partial charge in [-0.05, 0) is 32.9 Å². The molecule has 150 valence electrons. The van der Waals surface area contributed by atoms with Gasteiger partial charge >= 0.3 is 0 Å². The van der Waals surface area contributed by atoms with Crippen LogP contribution in [0.3, 0.4) is 0 Å². The van der Waals surface area contributed by atoms with Gasteiger partial charge in [-0.2, -0.15) is 4.31 Å². The van der Waals surface area contributed by atoms with Gasteiger partial charge in [0.05, 0.1) is 4.90 Å². The Balaban J connectivity index is 1.59. The maximum absolute atomic E-state index is 12.9. The van der Waals surface area contributed by atoms with Crippen LogP contribution in [0.15, 0.2) is 35.2 Å². The van der Waals surface area contributed by atoms with Crippen LogP contribution >= 0.6 is 0 Å². The number of amides is 1. The second-order valence-corrected chi connectivity index (χ2v) is 9.53. The number of quaternary nitrogens is 1. The SMILES string of the molecule is C[C@@H]1C[NH+]([C@@H](C)C(=O)N2CCN(S(=O)(=O)c3ccccc3)CC2)C[C@@H](C)O1. The Hall–Kier alpha value is -1.48. The molecule has 3 rings (SSSR count). The molecule has 0 radical (unpaired) electrons. The second-order valence-electron chi connectivity index (χ2n) is 7.59. The molecule has 27 heavy (non-hydrogen) atoms. The van der Waals surface area contributed by atoms with Crippen LogP contribution in [0.25, 0.3) is 0 Å². The van der Waals surface area contributed by atoms with Crippen molar-refractivity contribution in [2.75, 3.05) is 39.3 Å². The summed E-state index contributed by atoms with van der Waals surface area (Å²) >= 11 is 0. The molecule has 8 heteroatoms. The minimum atomic E-state index is -3.49. The number of benzene rings is 1. The van der Waals surface area contributed by atoms with Crippen molar-refractivity contribution in [3.05, 3.63) is 30.3 Å². The summed E-state index contributed by atoms with van der Waals surface area (Å²) in [6.07, 6.45) is 0.290. The summed E-state index contributed by atoms with van der Waals surface area (Å²) in [5, 5.41) is 0. The Morgan fingerprint density at radius 2 is 1.63 bits per heavy atom. The van der Waals surface area contributed by atoms with Gasteiger partial charge in [0.15, 0.2) is 6.04 Å². The summed E-state index contributed by atoms with van der Waals surface area (Å²) in [4.78, 5) is 16.3. The number of piperazine rings is 1. The van der Waals surface area contributed by atoms with E-state index in [1.807, 2.05) is 20.8 Å². The van der Waals surface area contributed by atoms with Gasteiger partial charge in [0.25, 0.3) is 5.91 Å². The first-order valence-corrected chi connectivity index (χ1v) is 11.1. The molecule has 0 saturated carbocycles. The topological polar surface area (TPSA) is 71.4 Å². The summed E-state index contributed by atoms with van der Waals surface area (Å²) in [5.41, 5.74) is 0. The first-order chi connectivity index (χ1) is 12.8.